The van der Waals surface area contributed by atoms with Gasteiger partial charge in [0.2, 0.25) is 0 Å². The first-order valence-corrected chi connectivity index (χ1v) is 18.6. The molecule has 0 radical (unpaired) electrons. The fourth-order valence-corrected chi connectivity index (χ4v) is 9.66. The number of esters is 6. The molecule has 3 aliphatic rings. The summed E-state index contributed by atoms with van der Waals surface area (Å²) in [5.41, 5.74) is -10.4. The third-order valence-electron chi connectivity index (χ3n) is 11.9. The number of benzene rings is 2. The average Bonchev–Trinajstić information content (AvgIpc) is 3.37. The van der Waals surface area contributed by atoms with Crippen LogP contribution in [0.3, 0.4) is 0 Å². The van der Waals surface area contributed by atoms with Crippen LogP contribution in [0.5, 0.6) is 0 Å². The number of hydrogen-bond acceptors (Lipinski definition) is 15. The zero-order chi connectivity index (χ0) is 42.4. The molecular formula is C42H50O15. The molecule has 57 heavy (non-hydrogen) atoms. The average molecular weight is 795 g/mol. The van der Waals surface area contributed by atoms with Gasteiger partial charge in [-0.05, 0) is 56.0 Å². The Kier molecular flexibility index (Phi) is 11.8. The van der Waals surface area contributed by atoms with Crippen molar-refractivity contribution in [3.05, 3.63) is 83.9 Å². The summed E-state index contributed by atoms with van der Waals surface area (Å²) in [6, 6.07) is 15.2. The highest BCUT2D eigenvalue weighted by Gasteiger charge is 2.83. The van der Waals surface area contributed by atoms with Gasteiger partial charge < -0.3 is 43.7 Å². The van der Waals surface area contributed by atoms with E-state index in [1.807, 2.05) is 0 Å². The minimum Gasteiger partial charge on any atom is -0.459 e. The molecule has 0 aromatic heterocycles. The van der Waals surface area contributed by atoms with Crippen molar-refractivity contribution >= 4 is 35.8 Å². The molecule has 3 aliphatic carbocycles. The Labute approximate surface area is 330 Å². The van der Waals surface area contributed by atoms with Crippen LogP contribution in [0.2, 0.25) is 0 Å². The molecule has 0 aliphatic heterocycles. The lowest BCUT2D eigenvalue weighted by molar-refractivity contribution is -0.300. The summed E-state index contributed by atoms with van der Waals surface area (Å²) in [5, 5.41) is 39.7. The SMILES string of the molecule is C=C(C)C1(OC(=O)c2ccccc2)C(O)C(C)C2(O)C(C(OC(C)=O)C(C)(OC(=O)c3ccccc3)C(OC(C)=O)C3(O)C(OC(C)=O)C(C)CC23)C1OC(C)=O. The van der Waals surface area contributed by atoms with E-state index in [1.165, 1.54) is 45.0 Å². The molecule has 0 heterocycles. The van der Waals surface area contributed by atoms with Gasteiger partial charge in [-0.15, -0.1) is 0 Å². The monoisotopic (exact) mass is 794 g/mol. The van der Waals surface area contributed by atoms with Gasteiger partial charge in [0.25, 0.3) is 0 Å². The highest BCUT2D eigenvalue weighted by molar-refractivity contribution is 5.90. The Morgan fingerprint density at radius 2 is 1.09 bits per heavy atom. The lowest BCUT2D eigenvalue weighted by Crippen LogP contribution is -2.77. The molecular weight excluding hydrogens is 744 g/mol. The molecule has 15 heteroatoms. The number of carbonyl (C=O) groups is 6. The summed E-state index contributed by atoms with van der Waals surface area (Å²) in [5.74, 6) is -11.8. The lowest BCUT2D eigenvalue weighted by Gasteiger charge is -2.61. The molecule has 0 bridgehead atoms. The van der Waals surface area contributed by atoms with Crippen molar-refractivity contribution in [3.63, 3.8) is 0 Å². The molecule has 3 saturated carbocycles. The van der Waals surface area contributed by atoms with Gasteiger partial charge in [0.1, 0.15) is 17.8 Å². The van der Waals surface area contributed by atoms with Gasteiger partial charge in [-0.1, -0.05) is 56.8 Å². The van der Waals surface area contributed by atoms with E-state index in [9.17, 15) is 44.1 Å². The molecule has 0 spiro atoms. The van der Waals surface area contributed by atoms with Crippen LogP contribution in [0.15, 0.2) is 72.8 Å². The first-order valence-electron chi connectivity index (χ1n) is 18.6. The summed E-state index contributed by atoms with van der Waals surface area (Å²) in [7, 11) is 0. The minimum atomic E-state index is -2.69. The maximum absolute atomic E-state index is 14.2. The van der Waals surface area contributed by atoms with E-state index in [4.69, 9.17) is 28.4 Å². The van der Waals surface area contributed by atoms with Gasteiger partial charge in [0.05, 0.1) is 22.6 Å². The number of aliphatic hydroxyl groups excluding tert-OH is 1. The standard InChI is InChI=1S/C42H50O15/c1-21(2)42(57-37(49)29-18-14-11-15-19-29)32(47)23(4)40(50)30-20-22(3)33(52-24(5)43)41(30,51)38(55-27(8)46)39(9,56-36(48)28-16-12-10-13-17-28)34(53-25(6)44)31(40)35(42)54-26(7)45/h10-19,22-23,30-35,38,47,50-51H,1,20H2,2-9H3. The van der Waals surface area contributed by atoms with Crippen molar-refractivity contribution in [2.24, 2.45) is 23.7 Å². The van der Waals surface area contributed by atoms with E-state index in [0.29, 0.717) is 0 Å². The van der Waals surface area contributed by atoms with E-state index in [1.54, 1.807) is 43.3 Å². The highest BCUT2D eigenvalue weighted by Crippen LogP contribution is 2.65. The number of fused-ring (bicyclic) bond motifs is 3. The number of hydrogen-bond donors (Lipinski definition) is 3. The summed E-state index contributed by atoms with van der Waals surface area (Å²) in [6.07, 6.45) is -9.97. The van der Waals surface area contributed by atoms with Crippen molar-refractivity contribution in [2.75, 3.05) is 0 Å². The summed E-state index contributed by atoms with van der Waals surface area (Å²) >= 11 is 0. The molecule has 0 amide bonds. The summed E-state index contributed by atoms with van der Waals surface area (Å²) in [4.78, 5) is 80.8. The van der Waals surface area contributed by atoms with E-state index < -0.39 is 112 Å². The molecule has 15 nitrogen and oxygen atoms in total. The van der Waals surface area contributed by atoms with Crippen molar-refractivity contribution in [1.29, 1.82) is 0 Å². The Bertz CT molecular complexity index is 1920. The Balaban J connectivity index is 1.94. The fraction of sp³-hybridized carbons (Fsp3) is 0.524. The first-order chi connectivity index (χ1) is 26.6. The molecule has 5 rings (SSSR count). The largest absolute Gasteiger partial charge is 0.459 e. The normalized spacial score (nSPS) is 36.9. The van der Waals surface area contributed by atoms with Crippen molar-refractivity contribution in [1.82, 2.24) is 0 Å². The van der Waals surface area contributed by atoms with Crippen molar-refractivity contribution in [2.45, 2.75) is 115 Å². The Morgan fingerprint density at radius 3 is 1.54 bits per heavy atom. The van der Waals surface area contributed by atoms with Crippen LogP contribution in [0, 0.1) is 23.7 Å². The minimum absolute atomic E-state index is 0.0255. The van der Waals surface area contributed by atoms with Gasteiger partial charge in [-0.2, -0.15) is 0 Å². The lowest BCUT2D eigenvalue weighted by atomic mass is 9.52. The van der Waals surface area contributed by atoms with Crippen LogP contribution >= 0.6 is 0 Å². The second-order valence-corrected chi connectivity index (χ2v) is 15.6. The number of ether oxygens (including phenoxy) is 6. The summed E-state index contributed by atoms with van der Waals surface area (Å²) in [6.45, 7) is 13.7. The van der Waals surface area contributed by atoms with Crippen molar-refractivity contribution in [3.8, 4) is 0 Å². The number of carbonyl (C=O) groups excluding carboxylic acids is 6. The predicted molar refractivity (Wildman–Crippen MR) is 198 cm³/mol. The van der Waals surface area contributed by atoms with E-state index in [0.717, 1.165) is 27.7 Å². The number of rotatable bonds is 9. The third kappa shape index (κ3) is 7.10. The van der Waals surface area contributed by atoms with Crippen molar-refractivity contribution < 1.29 is 72.5 Å². The van der Waals surface area contributed by atoms with Crippen LogP contribution < -0.4 is 0 Å². The van der Waals surface area contributed by atoms with Crippen LogP contribution in [0.1, 0.15) is 82.5 Å². The molecule has 308 valence electrons. The van der Waals surface area contributed by atoms with Gasteiger partial charge >= 0.3 is 35.8 Å². The van der Waals surface area contributed by atoms with Gasteiger partial charge in [0.15, 0.2) is 29.5 Å². The molecule has 3 N–H and O–H groups in total. The smallest absolute Gasteiger partial charge is 0.339 e. The molecule has 13 unspecified atom stereocenters. The van der Waals surface area contributed by atoms with Gasteiger partial charge in [-0.25, -0.2) is 9.59 Å². The zero-order valence-corrected chi connectivity index (χ0v) is 33.1. The Morgan fingerprint density at radius 1 is 0.649 bits per heavy atom. The van der Waals surface area contributed by atoms with Crippen LogP contribution in [0.25, 0.3) is 0 Å². The highest BCUT2D eigenvalue weighted by atomic mass is 16.6. The van der Waals surface area contributed by atoms with Crippen LogP contribution in [-0.2, 0) is 47.6 Å². The van der Waals surface area contributed by atoms with Gasteiger partial charge in [0, 0.05) is 39.5 Å². The maximum atomic E-state index is 14.2. The molecule has 3 fully saturated rings. The molecule has 2 aromatic rings. The fourth-order valence-electron chi connectivity index (χ4n) is 9.66. The second-order valence-electron chi connectivity index (χ2n) is 15.6. The molecule has 0 saturated heterocycles. The quantitative estimate of drug-likeness (QED) is 0.189. The maximum Gasteiger partial charge on any atom is 0.339 e. The number of aliphatic hydroxyl groups is 3. The topological polar surface area (TPSA) is 218 Å². The third-order valence-corrected chi connectivity index (χ3v) is 11.9. The van der Waals surface area contributed by atoms with E-state index in [-0.39, 0.29) is 23.1 Å². The first kappa shape index (κ1) is 43.0. The zero-order valence-electron chi connectivity index (χ0n) is 33.1. The summed E-state index contributed by atoms with van der Waals surface area (Å²) < 4.78 is 36.2. The second kappa shape index (κ2) is 15.7. The predicted octanol–water partition coefficient (Wildman–Crippen LogP) is 3.26. The molecule has 13 atom stereocenters. The van der Waals surface area contributed by atoms with Crippen LogP contribution in [0.4, 0.5) is 0 Å². The molecule has 2 aromatic carbocycles. The van der Waals surface area contributed by atoms with Crippen LogP contribution in [-0.4, -0.2) is 104 Å². The van der Waals surface area contributed by atoms with Gasteiger partial charge in [-0.3, -0.25) is 19.2 Å². The Hall–Kier alpha value is -5.12. The van der Waals surface area contributed by atoms with E-state index in [2.05, 4.69) is 6.58 Å². The van der Waals surface area contributed by atoms with E-state index >= 15 is 0 Å².